The minimum absolute atomic E-state index is 0.0143. The van der Waals surface area contributed by atoms with E-state index >= 15 is 0 Å². The van der Waals surface area contributed by atoms with E-state index in [1.165, 1.54) is 0 Å². The van der Waals surface area contributed by atoms with E-state index in [2.05, 4.69) is 20.8 Å². The summed E-state index contributed by atoms with van der Waals surface area (Å²) >= 11 is 5.04. The zero-order chi connectivity index (χ0) is 15.6. The first-order chi connectivity index (χ1) is 9.82. The highest BCUT2D eigenvalue weighted by Gasteiger charge is 2.42. The molecule has 0 amide bonds. The van der Waals surface area contributed by atoms with Gasteiger partial charge in [-0.25, -0.2) is 0 Å². The first-order valence-electron chi connectivity index (χ1n) is 7.13. The van der Waals surface area contributed by atoms with Crippen molar-refractivity contribution in [3.63, 3.8) is 0 Å². The molecular weight excluding hydrogens is 365 g/mol. The first kappa shape index (κ1) is 17.2. The topological polar surface area (TPSA) is 29.3 Å². The van der Waals surface area contributed by atoms with E-state index in [9.17, 15) is 13.2 Å². The molecule has 2 unspecified atom stereocenters. The van der Waals surface area contributed by atoms with Crippen LogP contribution in [0.15, 0.2) is 15.9 Å². The van der Waals surface area contributed by atoms with Gasteiger partial charge in [-0.15, -0.1) is 11.3 Å². The zero-order valence-electron chi connectivity index (χ0n) is 11.9. The highest BCUT2D eigenvalue weighted by atomic mass is 79.9. The lowest BCUT2D eigenvalue weighted by Gasteiger charge is -2.40. The van der Waals surface area contributed by atoms with Crippen molar-refractivity contribution in [2.45, 2.75) is 44.4 Å². The third-order valence-electron chi connectivity index (χ3n) is 4.14. The Morgan fingerprint density at radius 3 is 2.48 bits per heavy atom. The van der Waals surface area contributed by atoms with E-state index in [-0.39, 0.29) is 24.9 Å². The fraction of sp³-hybridized carbons (Fsp3) is 0.714. The van der Waals surface area contributed by atoms with Gasteiger partial charge in [0.2, 0.25) is 0 Å². The number of likely N-dealkylation sites (tertiary alicyclic amines) is 1. The molecule has 1 aromatic rings. The van der Waals surface area contributed by atoms with Crippen molar-refractivity contribution in [3.05, 3.63) is 20.8 Å². The summed E-state index contributed by atoms with van der Waals surface area (Å²) in [5.74, 6) is -1.16. The van der Waals surface area contributed by atoms with Crippen molar-refractivity contribution < 1.29 is 13.2 Å². The molecule has 2 N–H and O–H groups in total. The first-order valence-corrected chi connectivity index (χ1v) is 8.80. The molecule has 0 saturated carbocycles. The van der Waals surface area contributed by atoms with E-state index in [1.54, 1.807) is 11.3 Å². The second-order valence-corrected chi connectivity index (χ2v) is 7.39. The van der Waals surface area contributed by atoms with Crippen molar-refractivity contribution in [2.75, 3.05) is 13.1 Å². The Balaban J connectivity index is 2.09. The molecule has 7 heteroatoms. The van der Waals surface area contributed by atoms with Gasteiger partial charge < -0.3 is 5.73 Å². The number of hydrogen-bond acceptors (Lipinski definition) is 3. The smallest absolute Gasteiger partial charge is 0.326 e. The molecule has 1 aliphatic heterocycles. The van der Waals surface area contributed by atoms with Crippen LogP contribution in [0.4, 0.5) is 13.2 Å². The molecule has 120 valence electrons. The predicted octanol–water partition coefficient (Wildman–Crippen LogP) is 4.56. The quantitative estimate of drug-likeness (QED) is 0.823. The average Bonchev–Trinajstić information content (AvgIpc) is 2.84. The molecule has 0 aliphatic carbocycles. The van der Waals surface area contributed by atoms with E-state index in [1.807, 2.05) is 18.4 Å². The van der Waals surface area contributed by atoms with Crippen LogP contribution in [0.3, 0.4) is 0 Å². The summed E-state index contributed by atoms with van der Waals surface area (Å²) in [6, 6.07) is 1.99. The third-order valence-corrected chi connectivity index (χ3v) is 5.91. The van der Waals surface area contributed by atoms with Crippen molar-refractivity contribution in [1.29, 1.82) is 0 Å². The van der Waals surface area contributed by atoms with Gasteiger partial charge in [-0.2, -0.15) is 13.2 Å². The standard InChI is InChI=1S/C14H20BrF3N2S/c1-2-11(19)13(12-7-10(15)8-21-12)20-5-3-9(4-6-20)14(16,17)18/h7-9,11,13H,2-6,19H2,1H3. The van der Waals surface area contributed by atoms with Crippen molar-refractivity contribution in [1.82, 2.24) is 4.90 Å². The Morgan fingerprint density at radius 1 is 1.43 bits per heavy atom. The number of thiophene rings is 1. The molecule has 21 heavy (non-hydrogen) atoms. The number of piperidine rings is 1. The van der Waals surface area contributed by atoms with Crippen LogP contribution in [0.1, 0.15) is 37.1 Å². The van der Waals surface area contributed by atoms with Crippen molar-refractivity contribution in [3.8, 4) is 0 Å². The molecule has 2 atom stereocenters. The molecule has 0 spiro atoms. The number of halogens is 4. The maximum Gasteiger partial charge on any atom is 0.391 e. The van der Waals surface area contributed by atoms with Crippen LogP contribution in [-0.4, -0.2) is 30.2 Å². The second kappa shape index (κ2) is 6.98. The van der Waals surface area contributed by atoms with E-state index in [0.29, 0.717) is 13.1 Å². The molecule has 2 rings (SSSR count). The van der Waals surface area contributed by atoms with Gasteiger partial charge in [-0.1, -0.05) is 6.92 Å². The Morgan fingerprint density at radius 2 is 2.05 bits per heavy atom. The monoisotopic (exact) mass is 384 g/mol. The van der Waals surface area contributed by atoms with E-state index in [0.717, 1.165) is 15.8 Å². The Kier molecular flexibility index (Phi) is 5.73. The van der Waals surface area contributed by atoms with E-state index in [4.69, 9.17) is 5.73 Å². The molecule has 0 radical (unpaired) electrons. The van der Waals surface area contributed by atoms with Gasteiger partial charge >= 0.3 is 6.18 Å². The number of rotatable bonds is 4. The molecule has 1 saturated heterocycles. The summed E-state index contributed by atoms with van der Waals surface area (Å²) < 4.78 is 39.3. The number of nitrogens with two attached hydrogens (primary N) is 1. The number of hydrogen-bond donors (Lipinski definition) is 1. The molecule has 2 heterocycles. The normalized spacial score (nSPS) is 21.4. The zero-order valence-corrected chi connectivity index (χ0v) is 14.3. The Labute approximate surface area is 135 Å². The molecular formula is C14H20BrF3N2S. The number of nitrogens with zero attached hydrogens (tertiary/aromatic N) is 1. The maximum atomic E-state index is 12.8. The van der Waals surface area contributed by atoms with Crippen LogP contribution in [0.5, 0.6) is 0 Å². The Bertz CT molecular complexity index is 455. The lowest BCUT2D eigenvalue weighted by Crippen LogP contribution is -2.46. The van der Waals surface area contributed by atoms with Gasteiger partial charge in [0, 0.05) is 20.8 Å². The van der Waals surface area contributed by atoms with Crippen LogP contribution in [0, 0.1) is 5.92 Å². The summed E-state index contributed by atoms with van der Waals surface area (Å²) in [6.07, 6.45) is -2.92. The van der Waals surface area contributed by atoms with Gasteiger partial charge in [0.05, 0.1) is 12.0 Å². The largest absolute Gasteiger partial charge is 0.391 e. The number of alkyl halides is 3. The summed E-state index contributed by atoms with van der Waals surface area (Å²) in [7, 11) is 0. The minimum Gasteiger partial charge on any atom is -0.326 e. The molecule has 0 bridgehead atoms. The molecule has 1 aromatic heterocycles. The SMILES string of the molecule is CCC(N)C(c1cc(Br)cs1)N1CCC(C(F)(F)F)CC1. The highest BCUT2D eigenvalue weighted by Crippen LogP contribution is 2.38. The van der Waals surface area contributed by atoms with Gasteiger partial charge in [0.25, 0.3) is 0 Å². The second-order valence-electron chi connectivity index (χ2n) is 5.54. The molecule has 1 fully saturated rings. The third kappa shape index (κ3) is 4.21. The van der Waals surface area contributed by atoms with Crippen LogP contribution in [0.25, 0.3) is 0 Å². The lowest BCUT2D eigenvalue weighted by molar-refractivity contribution is -0.186. The fourth-order valence-electron chi connectivity index (χ4n) is 2.87. The van der Waals surface area contributed by atoms with Crippen LogP contribution >= 0.6 is 27.3 Å². The molecule has 1 aliphatic rings. The summed E-state index contributed by atoms with van der Waals surface area (Å²) in [5, 5.41) is 1.99. The van der Waals surface area contributed by atoms with Gasteiger partial charge in [0.1, 0.15) is 0 Å². The lowest BCUT2D eigenvalue weighted by atomic mass is 9.93. The Hall–Kier alpha value is -0.110. The van der Waals surface area contributed by atoms with Crippen molar-refractivity contribution >= 4 is 27.3 Å². The summed E-state index contributed by atoms with van der Waals surface area (Å²) in [5.41, 5.74) is 6.24. The van der Waals surface area contributed by atoms with Crippen LogP contribution < -0.4 is 5.73 Å². The van der Waals surface area contributed by atoms with Crippen molar-refractivity contribution in [2.24, 2.45) is 11.7 Å². The molecule has 0 aromatic carbocycles. The fourth-order valence-corrected chi connectivity index (χ4v) is 4.53. The highest BCUT2D eigenvalue weighted by molar-refractivity contribution is 9.10. The predicted molar refractivity (Wildman–Crippen MR) is 83.4 cm³/mol. The molecule has 2 nitrogen and oxygen atoms in total. The van der Waals surface area contributed by atoms with E-state index < -0.39 is 12.1 Å². The van der Waals surface area contributed by atoms with Crippen LogP contribution in [0.2, 0.25) is 0 Å². The summed E-state index contributed by atoms with van der Waals surface area (Å²) in [4.78, 5) is 3.25. The van der Waals surface area contributed by atoms with Crippen LogP contribution in [-0.2, 0) is 0 Å². The van der Waals surface area contributed by atoms with Gasteiger partial charge in [0.15, 0.2) is 0 Å². The average molecular weight is 385 g/mol. The maximum absolute atomic E-state index is 12.8. The van der Waals surface area contributed by atoms with Gasteiger partial charge in [-0.05, 0) is 54.3 Å². The van der Waals surface area contributed by atoms with Gasteiger partial charge in [-0.3, -0.25) is 4.90 Å². The minimum atomic E-state index is -4.07. The summed E-state index contributed by atoms with van der Waals surface area (Å²) in [6.45, 7) is 2.93.